The molecule has 0 aliphatic carbocycles. The monoisotopic (exact) mass is 356 g/mol. The second kappa shape index (κ2) is 8.73. The van der Waals surface area contributed by atoms with E-state index in [1.165, 1.54) is 12.1 Å². The second-order valence-electron chi connectivity index (χ2n) is 5.78. The molecule has 0 N–H and O–H groups in total. The van der Waals surface area contributed by atoms with Crippen LogP contribution in [0.3, 0.4) is 0 Å². The van der Waals surface area contributed by atoms with E-state index in [0.717, 1.165) is 19.3 Å². The quantitative estimate of drug-likeness (QED) is 0.420. The molecule has 1 aliphatic heterocycles. The minimum absolute atomic E-state index is 0.106. The number of carbonyl (C=O) groups excluding carboxylic acids is 1. The van der Waals surface area contributed by atoms with Crippen LogP contribution in [0, 0.1) is 16.0 Å². The summed E-state index contributed by atoms with van der Waals surface area (Å²) in [6.45, 7) is 4.05. The maximum atomic E-state index is 11.9. The number of unbranched alkanes of at least 4 members (excludes halogenated alkanes) is 1. The molecule has 0 spiro atoms. The average molecular weight is 357 g/mol. The van der Waals surface area contributed by atoms with Crippen molar-refractivity contribution in [1.29, 1.82) is 0 Å². The number of amides is 1. The van der Waals surface area contributed by atoms with Crippen LogP contribution in [0.4, 0.5) is 10.5 Å². The van der Waals surface area contributed by atoms with Gasteiger partial charge in [-0.1, -0.05) is 24.9 Å². The second-order valence-corrected chi connectivity index (χ2v) is 6.22. The van der Waals surface area contributed by atoms with Gasteiger partial charge in [-0.3, -0.25) is 10.1 Å². The topological polar surface area (TPSA) is 81.9 Å². The van der Waals surface area contributed by atoms with E-state index < -0.39 is 4.92 Å². The van der Waals surface area contributed by atoms with Crippen molar-refractivity contribution in [3.05, 3.63) is 33.3 Å². The van der Waals surface area contributed by atoms with Crippen molar-refractivity contribution < 1.29 is 19.2 Å². The smallest absolute Gasteiger partial charge is 0.409 e. The summed E-state index contributed by atoms with van der Waals surface area (Å²) in [5, 5.41) is 11.1. The molecule has 1 amide bonds. The molecule has 24 heavy (non-hydrogen) atoms. The molecule has 1 atom stereocenters. The van der Waals surface area contributed by atoms with Crippen LogP contribution in [0.5, 0.6) is 5.75 Å². The van der Waals surface area contributed by atoms with Gasteiger partial charge in [0.15, 0.2) is 0 Å². The lowest BCUT2D eigenvalue weighted by molar-refractivity contribution is -0.384. The van der Waals surface area contributed by atoms with E-state index >= 15 is 0 Å². The zero-order valence-electron chi connectivity index (χ0n) is 13.6. The molecule has 2 rings (SSSR count). The van der Waals surface area contributed by atoms with E-state index in [-0.39, 0.29) is 22.7 Å². The molecule has 1 fully saturated rings. The standard InChI is InChI=1S/C16H21ClN2O5/c1-2-3-6-23-16(20)18-5-4-12(10-18)11-24-15-8-13(17)7-14(9-15)19(21)22/h7-9,12H,2-6,10-11H2,1H3. The van der Waals surface area contributed by atoms with Crippen LogP contribution >= 0.6 is 11.6 Å². The molecule has 0 saturated carbocycles. The summed E-state index contributed by atoms with van der Waals surface area (Å²) in [6.07, 6.45) is 2.37. The number of halogens is 1. The van der Waals surface area contributed by atoms with Crippen LogP contribution < -0.4 is 4.74 Å². The van der Waals surface area contributed by atoms with E-state index in [1.807, 2.05) is 6.92 Å². The Kier molecular flexibility index (Phi) is 6.66. The number of hydrogen-bond donors (Lipinski definition) is 0. The van der Waals surface area contributed by atoms with Crippen LogP contribution in [0.2, 0.25) is 5.02 Å². The molecule has 1 saturated heterocycles. The van der Waals surface area contributed by atoms with Crippen molar-refractivity contribution in [1.82, 2.24) is 4.90 Å². The Morgan fingerprint density at radius 3 is 2.96 bits per heavy atom. The van der Waals surface area contributed by atoms with Gasteiger partial charge in [0.2, 0.25) is 0 Å². The van der Waals surface area contributed by atoms with E-state index in [0.29, 0.717) is 32.1 Å². The summed E-state index contributed by atoms with van der Waals surface area (Å²) < 4.78 is 10.8. The van der Waals surface area contributed by atoms with Gasteiger partial charge in [0.05, 0.1) is 29.2 Å². The van der Waals surface area contributed by atoms with Gasteiger partial charge in [-0.2, -0.15) is 0 Å². The lowest BCUT2D eigenvalue weighted by Gasteiger charge is -2.16. The fourth-order valence-electron chi connectivity index (χ4n) is 2.48. The van der Waals surface area contributed by atoms with E-state index in [4.69, 9.17) is 21.1 Å². The van der Waals surface area contributed by atoms with E-state index in [9.17, 15) is 14.9 Å². The minimum Gasteiger partial charge on any atom is -0.493 e. The number of non-ortho nitro benzene ring substituents is 1. The van der Waals surface area contributed by atoms with Gasteiger partial charge in [-0.15, -0.1) is 0 Å². The van der Waals surface area contributed by atoms with Crippen LogP contribution in [-0.4, -0.2) is 42.2 Å². The first-order valence-electron chi connectivity index (χ1n) is 7.99. The number of likely N-dealkylation sites (tertiary alicyclic amines) is 1. The molecule has 0 aromatic heterocycles. The third kappa shape index (κ3) is 5.26. The molecule has 132 valence electrons. The third-order valence-corrected chi connectivity index (χ3v) is 4.04. The maximum absolute atomic E-state index is 11.9. The summed E-state index contributed by atoms with van der Waals surface area (Å²) >= 11 is 5.86. The summed E-state index contributed by atoms with van der Waals surface area (Å²) in [5.41, 5.74) is -0.106. The molecule has 1 aromatic rings. The highest BCUT2D eigenvalue weighted by atomic mass is 35.5. The van der Waals surface area contributed by atoms with Gasteiger partial charge >= 0.3 is 6.09 Å². The van der Waals surface area contributed by atoms with Crippen molar-refractivity contribution in [2.45, 2.75) is 26.2 Å². The zero-order valence-corrected chi connectivity index (χ0v) is 14.3. The Bertz CT molecular complexity index is 596. The molecular formula is C16H21ClN2O5. The molecule has 8 heteroatoms. The Morgan fingerprint density at radius 2 is 2.25 bits per heavy atom. The highest BCUT2D eigenvalue weighted by molar-refractivity contribution is 6.30. The molecule has 0 radical (unpaired) electrons. The molecule has 0 bridgehead atoms. The van der Waals surface area contributed by atoms with Crippen LogP contribution in [0.15, 0.2) is 18.2 Å². The number of nitro benzene ring substituents is 1. The largest absolute Gasteiger partial charge is 0.493 e. The number of ether oxygens (including phenoxy) is 2. The number of rotatable bonds is 7. The van der Waals surface area contributed by atoms with Crippen molar-refractivity contribution in [2.24, 2.45) is 5.92 Å². The number of benzene rings is 1. The van der Waals surface area contributed by atoms with Crippen LogP contribution in [0.1, 0.15) is 26.2 Å². The molecule has 1 aromatic carbocycles. The highest BCUT2D eigenvalue weighted by Crippen LogP contribution is 2.27. The summed E-state index contributed by atoms with van der Waals surface area (Å²) in [5.74, 6) is 0.528. The van der Waals surface area contributed by atoms with E-state index in [2.05, 4.69) is 0 Å². The van der Waals surface area contributed by atoms with E-state index in [1.54, 1.807) is 11.0 Å². The fraction of sp³-hybridized carbons (Fsp3) is 0.562. The number of nitro groups is 1. The molecular weight excluding hydrogens is 336 g/mol. The van der Waals surface area contributed by atoms with Crippen molar-refractivity contribution in [3.63, 3.8) is 0 Å². The van der Waals surface area contributed by atoms with Gasteiger partial charge in [-0.25, -0.2) is 4.79 Å². The Balaban J connectivity index is 1.81. The van der Waals surface area contributed by atoms with Crippen LogP contribution in [0.25, 0.3) is 0 Å². The lowest BCUT2D eigenvalue weighted by atomic mass is 10.1. The average Bonchev–Trinajstić information content (AvgIpc) is 3.01. The fourth-order valence-corrected chi connectivity index (χ4v) is 2.70. The van der Waals surface area contributed by atoms with Crippen LogP contribution in [-0.2, 0) is 4.74 Å². The van der Waals surface area contributed by atoms with Crippen molar-refractivity contribution in [3.8, 4) is 5.75 Å². The summed E-state index contributed by atoms with van der Waals surface area (Å²) in [4.78, 5) is 23.9. The SMILES string of the molecule is CCCCOC(=O)N1CCC(COc2cc(Cl)cc([N+](=O)[O-])c2)C1. The normalized spacial score (nSPS) is 16.9. The maximum Gasteiger partial charge on any atom is 0.409 e. The number of hydrogen-bond acceptors (Lipinski definition) is 5. The first-order valence-corrected chi connectivity index (χ1v) is 8.37. The zero-order chi connectivity index (χ0) is 17.5. The first kappa shape index (κ1) is 18.3. The number of carbonyl (C=O) groups is 1. The molecule has 1 unspecified atom stereocenters. The first-order chi connectivity index (χ1) is 11.5. The van der Waals surface area contributed by atoms with Gasteiger partial charge < -0.3 is 14.4 Å². The van der Waals surface area contributed by atoms with Gasteiger partial charge in [0.1, 0.15) is 5.75 Å². The highest BCUT2D eigenvalue weighted by Gasteiger charge is 2.27. The minimum atomic E-state index is -0.512. The van der Waals surface area contributed by atoms with Gasteiger partial charge in [0, 0.05) is 25.1 Å². The Labute approximate surface area is 145 Å². The lowest BCUT2D eigenvalue weighted by Crippen LogP contribution is -2.30. The predicted octanol–water partition coefficient (Wildman–Crippen LogP) is 3.89. The van der Waals surface area contributed by atoms with Crippen molar-refractivity contribution >= 4 is 23.4 Å². The Morgan fingerprint density at radius 1 is 1.46 bits per heavy atom. The predicted molar refractivity (Wildman–Crippen MR) is 89.5 cm³/mol. The number of nitrogens with zero attached hydrogens (tertiary/aromatic N) is 2. The summed E-state index contributed by atoms with van der Waals surface area (Å²) in [7, 11) is 0. The van der Waals surface area contributed by atoms with Gasteiger partial charge in [-0.05, 0) is 18.9 Å². The van der Waals surface area contributed by atoms with Gasteiger partial charge in [0.25, 0.3) is 5.69 Å². The summed E-state index contributed by atoms with van der Waals surface area (Å²) in [6, 6.07) is 4.16. The van der Waals surface area contributed by atoms with Crippen molar-refractivity contribution in [2.75, 3.05) is 26.3 Å². The molecule has 7 nitrogen and oxygen atoms in total. The Hall–Kier alpha value is -2.02. The molecule has 1 aliphatic rings. The molecule has 1 heterocycles. The third-order valence-electron chi connectivity index (χ3n) is 3.82.